The lowest BCUT2D eigenvalue weighted by atomic mass is 9.70. The molecule has 8 nitrogen and oxygen atoms in total. The summed E-state index contributed by atoms with van der Waals surface area (Å²) >= 11 is 0. The van der Waals surface area contributed by atoms with Crippen molar-refractivity contribution in [3.63, 3.8) is 0 Å². The first-order valence-electron chi connectivity index (χ1n) is 7.37. The van der Waals surface area contributed by atoms with E-state index in [0.717, 1.165) is 41.4 Å². The van der Waals surface area contributed by atoms with Gasteiger partial charge in [-0.1, -0.05) is 0 Å². The van der Waals surface area contributed by atoms with Crippen LogP contribution in [0.5, 0.6) is 0 Å². The zero-order valence-electron chi connectivity index (χ0n) is 12.8. The highest BCUT2D eigenvalue weighted by Crippen LogP contribution is 2.48. The average Bonchev–Trinajstić information content (AvgIpc) is 2.90. The van der Waals surface area contributed by atoms with Crippen molar-refractivity contribution in [2.75, 3.05) is 27.2 Å². The lowest BCUT2D eigenvalue weighted by molar-refractivity contribution is -0.142. The fraction of sp³-hybridized carbons (Fsp3) is 0.692. The van der Waals surface area contributed by atoms with Gasteiger partial charge in [-0.25, -0.2) is 4.98 Å². The Morgan fingerprint density at radius 3 is 2.82 bits per heavy atom. The van der Waals surface area contributed by atoms with E-state index in [1.807, 2.05) is 0 Å². The van der Waals surface area contributed by atoms with Crippen molar-refractivity contribution < 1.29 is 13.2 Å². The lowest BCUT2D eigenvalue weighted by Crippen LogP contribution is -2.59. The molecule has 2 aliphatic rings. The van der Waals surface area contributed by atoms with Crippen LogP contribution in [0.25, 0.3) is 0 Å². The molecule has 1 aliphatic carbocycles. The van der Waals surface area contributed by atoms with Crippen LogP contribution < -0.4 is 4.72 Å². The van der Waals surface area contributed by atoms with Gasteiger partial charge in [-0.15, -0.1) is 0 Å². The Labute approximate surface area is 130 Å². The number of carbonyl (C=O) groups is 1. The maximum absolute atomic E-state index is 12.5. The van der Waals surface area contributed by atoms with E-state index >= 15 is 0 Å². The Morgan fingerprint density at radius 2 is 2.23 bits per heavy atom. The minimum atomic E-state index is -3.59. The summed E-state index contributed by atoms with van der Waals surface area (Å²) in [5.41, 5.74) is 1.71. The van der Waals surface area contributed by atoms with Gasteiger partial charge >= 0.3 is 0 Å². The molecular weight excluding hydrogens is 306 g/mol. The summed E-state index contributed by atoms with van der Waals surface area (Å²) in [4.78, 5) is 21.9. The number of carbonyl (C=O) groups excluding carboxylic acids is 1. The number of aromatic amines is 1. The zero-order chi connectivity index (χ0) is 16.0. The summed E-state index contributed by atoms with van der Waals surface area (Å²) in [6.45, 7) is 0.375. The summed E-state index contributed by atoms with van der Waals surface area (Å²) in [6.07, 6.45) is 5.23. The number of imidazole rings is 1. The van der Waals surface area contributed by atoms with E-state index in [1.165, 1.54) is 14.1 Å². The molecule has 1 aliphatic heterocycles. The number of nitrogens with one attached hydrogen (secondary N) is 2. The molecule has 1 fully saturated rings. The van der Waals surface area contributed by atoms with Gasteiger partial charge in [0.25, 0.3) is 10.2 Å². The Hall–Kier alpha value is -1.45. The number of fused-ring (bicyclic) bond motifs is 2. The molecule has 0 atom stereocenters. The van der Waals surface area contributed by atoms with E-state index in [-0.39, 0.29) is 18.0 Å². The van der Waals surface area contributed by atoms with Gasteiger partial charge < -0.3 is 9.88 Å². The Balaban J connectivity index is 1.76. The van der Waals surface area contributed by atoms with Crippen LogP contribution in [-0.2, 0) is 27.0 Å². The molecule has 0 bridgehead atoms. The van der Waals surface area contributed by atoms with Crippen LogP contribution in [-0.4, -0.2) is 60.7 Å². The van der Waals surface area contributed by atoms with E-state index in [1.54, 1.807) is 11.2 Å². The van der Waals surface area contributed by atoms with Gasteiger partial charge in [-0.05, 0) is 19.3 Å². The molecule has 2 heterocycles. The minimum absolute atomic E-state index is 0.196. The number of hydrogen-bond acceptors (Lipinski definition) is 4. The van der Waals surface area contributed by atoms with Crippen molar-refractivity contribution in [2.24, 2.45) is 0 Å². The highest BCUT2D eigenvalue weighted by atomic mass is 32.2. The van der Waals surface area contributed by atoms with Gasteiger partial charge in [-0.2, -0.15) is 17.4 Å². The van der Waals surface area contributed by atoms with Crippen LogP contribution in [0, 0.1) is 0 Å². The number of amides is 1. The topological polar surface area (TPSA) is 98.4 Å². The second-order valence-electron chi connectivity index (χ2n) is 6.02. The Morgan fingerprint density at radius 1 is 1.50 bits per heavy atom. The SMILES string of the molecule is CN(C)S(=O)(=O)NCC(=O)N1CCc2[nH]cnc2C12CCC2. The van der Waals surface area contributed by atoms with E-state index in [2.05, 4.69) is 14.7 Å². The smallest absolute Gasteiger partial charge is 0.279 e. The second-order valence-corrected chi connectivity index (χ2v) is 7.99. The quantitative estimate of drug-likeness (QED) is 0.784. The first-order valence-corrected chi connectivity index (χ1v) is 8.81. The summed E-state index contributed by atoms with van der Waals surface area (Å²) < 4.78 is 26.9. The highest BCUT2D eigenvalue weighted by molar-refractivity contribution is 7.87. The van der Waals surface area contributed by atoms with Gasteiger partial charge in [0.2, 0.25) is 5.91 Å². The molecule has 1 amide bonds. The molecule has 22 heavy (non-hydrogen) atoms. The normalized spacial score (nSPS) is 20.0. The predicted octanol–water partition coefficient (Wildman–Crippen LogP) is -0.430. The summed E-state index contributed by atoms with van der Waals surface area (Å²) in [6, 6.07) is 0. The van der Waals surface area contributed by atoms with Crippen molar-refractivity contribution in [1.29, 1.82) is 0 Å². The standard InChI is InChI=1S/C13H21N5O3S/c1-17(2)22(20,21)16-8-11(19)18-7-4-10-12(15-9-14-10)13(18)5-3-6-13/h9,16H,3-8H2,1-2H3,(H,14,15). The fourth-order valence-corrected chi connectivity index (χ4v) is 3.80. The van der Waals surface area contributed by atoms with Gasteiger partial charge in [0.05, 0.1) is 24.1 Å². The molecule has 0 saturated heterocycles. The minimum Gasteiger partial charge on any atom is -0.348 e. The molecule has 1 spiro atoms. The third-order valence-electron chi connectivity index (χ3n) is 4.63. The average molecular weight is 327 g/mol. The number of aromatic nitrogens is 2. The lowest BCUT2D eigenvalue weighted by Gasteiger charge is -2.52. The second kappa shape index (κ2) is 5.32. The third kappa shape index (κ3) is 2.33. The van der Waals surface area contributed by atoms with Crippen molar-refractivity contribution in [1.82, 2.24) is 23.9 Å². The first-order chi connectivity index (χ1) is 10.4. The summed E-state index contributed by atoms with van der Waals surface area (Å²) in [7, 11) is -0.738. The number of rotatable bonds is 4. The maximum atomic E-state index is 12.5. The van der Waals surface area contributed by atoms with Crippen molar-refractivity contribution in [3.05, 3.63) is 17.7 Å². The Bertz CT molecular complexity index is 678. The first kappa shape index (κ1) is 15.4. The van der Waals surface area contributed by atoms with Crippen LogP contribution in [0.2, 0.25) is 0 Å². The molecule has 1 saturated carbocycles. The van der Waals surface area contributed by atoms with Gasteiger partial charge in [0.15, 0.2) is 0 Å². The van der Waals surface area contributed by atoms with E-state index in [0.29, 0.717) is 6.54 Å². The highest BCUT2D eigenvalue weighted by Gasteiger charge is 2.50. The fourth-order valence-electron chi connectivity index (χ4n) is 3.24. The van der Waals surface area contributed by atoms with Gasteiger partial charge in [0, 0.05) is 32.8 Å². The number of nitrogens with zero attached hydrogens (tertiary/aromatic N) is 3. The zero-order valence-corrected chi connectivity index (χ0v) is 13.6. The van der Waals surface area contributed by atoms with E-state index in [9.17, 15) is 13.2 Å². The van der Waals surface area contributed by atoms with Crippen LogP contribution in [0.15, 0.2) is 6.33 Å². The molecule has 122 valence electrons. The van der Waals surface area contributed by atoms with Crippen LogP contribution >= 0.6 is 0 Å². The van der Waals surface area contributed by atoms with Gasteiger partial charge in [0.1, 0.15) is 0 Å². The molecule has 9 heteroatoms. The van der Waals surface area contributed by atoms with Crippen LogP contribution in [0.3, 0.4) is 0 Å². The van der Waals surface area contributed by atoms with Crippen molar-refractivity contribution in [2.45, 2.75) is 31.2 Å². The number of H-pyrrole nitrogens is 1. The molecule has 0 unspecified atom stereocenters. The monoisotopic (exact) mass is 327 g/mol. The Kier molecular flexibility index (Phi) is 3.74. The molecule has 1 aromatic heterocycles. The van der Waals surface area contributed by atoms with E-state index < -0.39 is 10.2 Å². The van der Waals surface area contributed by atoms with Crippen LogP contribution in [0.4, 0.5) is 0 Å². The molecule has 0 aromatic carbocycles. The van der Waals surface area contributed by atoms with Crippen molar-refractivity contribution in [3.8, 4) is 0 Å². The van der Waals surface area contributed by atoms with Gasteiger partial charge in [-0.3, -0.25) is 4.79 Å². The largest absolute Gasteiger partial charge is 0.348 e. The summed E-state index contributed by atoms with van der Waals surface area (Å²) in [5, 5.41) is 0. The molecule has 2 N–H and O–H groups in total. The van der Waals surface area contributed by atoms with Crippen molar-refractivity contribution >= 4 is 16.1 Å². The predicted molar refractivity (Wildman–Crippen MR) is 80.1 cm³/mol. The molecular formula is C13H21N5O3S. The summed E-state index contributed by atoms with van der Waals surface area (Å²) in [5.74, 6) is -0.196. The molecule has 3 rings (SSSR count). The third-order valence-corrected chi connectivity index (χ3v) is 6.10. The number of hydrogen-bond donors (Lipinski definition) is 2. The molecule has 1 aromatic rings. The molecule has 0 radical (unpaired) electrons. The van der Waals surface area contributed by atoms with E-state index in [4.69, 9.17) is 0 Å². The van der Waals surface area contributed by atoms with Crippen LogP contribution in [0.1, 0.15) is 30.7 Å². The maximum Gasteiger partial charge on any atom is 0.279 e.